The largest absolute Gasteiger partial charge is 0.378 e. The molecule has 0 saturated carbocycles. The molecule has 1 heterocycles. The van der Waals surface area contributed by atoms with Crippen LogP contribution in [0, 0.1) is 0 Å². The van der Waals surface area contributed by atoms with Gasteiger partial charge in [0.25, 0.3) is 0 Å². The topological polar surface area (TPSA) is 12.5 Å². The van der Waals surface area contributed by atoms with Gasteiger partial charge in [0.05, 0.1) is 6.10 Å². The summed E-state index contributed by atoms with van der Waals surface area (Å²) in [6, 6.07) is 0. The first-order valence-corrected chi connectivity index (χ1v) is 6.80. The molecule has 1 aliphatic rings. The molecule has 2 nitrogen and oxygen atoms in total. The highest BCUT2D eigenvalue weighted by molar-refractivity contribution is 6.18. The number of nitrogens with zero attached hydrogens (tertiary/aromatic N) is 1. The first kappa shape index (κ1) is 13.3. The Labute approximate surface area is 98.9 Å². The Morgan fingerprint density at radius 3 is 2.80 bits per heavy atom. The summed E-state index contributed by atoms with van der Waals surface area (Å²) in [6.07, 6.45) is 6.74. The highest BCUT2D eigenvalue weighted by atomic mass is 35.5. The van der Waals surface area contributed by atoms with Gasteiger partial charge in [-0.15, -0.1) is 11.6 Å². The van der Waals surface area contributed by atoms with E-state index in [1.165, 1.54) is 38.6 Å². The zero-order chi connectivity index (χ0) is 10.9. The van der Waals surface area contributed by atoms with Crippen molar-refractivity contribution in [1.82, 2.24) is 4.90 Å². The van der Waals surface area contributed by atoms with Crippen molar-refractivity contribution in [2.75, 3.05) is 32.1 Å². The van der Waals surface area contributed by atoms with E-state index < -0.39 is 0 Å². The fourth-order valence-corrected chi connectivity index (χ4v) is 2.27. The molecule has 0 bridgehead atoms. The van der Waals surface area contributed by atoms with E-state index in [2.05, 4.69) is 11.8 Å². The van der Waals surface area contributed by atoms with E-state index in [0.717, 1.165) is 25.6 Å². The van der Waals surface area contributed by atoms with Gasteiger partial charge in [-0.3, -0.25) is 0 Å². The number of hydrogen-bond donors (Lipinski definition) is 0. The molecule has 1 aliphatic heterocycles. The van der Waals surface area contributed by atoms with Gasteiger partial charge in [0.2, 0.25) is 0 Å². The molecule has 0 spiro atoms. The minimum absolute atomic E-state index is 0.518. The van der Waals surface area contributed by atoms with Crippen LogP contribution in [0.4, 0.5) is 0 Å². The minimum atomic E-state index is 0.518. The van der Waals surface area contributed by atoms with Gasteiger partial charge in [0, 0.05) is 25.6 Å². The van der Waals surface area contributed by atoms with Gasteiger partial charge in [-0.25, -0.2) is 0 Å². The maximum absolute atomic E-state index is 5.80. The van der Waals surface area contributed by atoms with Crippen molar-refractivity contribution in [3.63, 3.8) is 0 Å². The zero-order valence-electron chi connectivity index (χ0n) is 9.88. The zero-order valence-corrected chi connectivity index (χ0v) is 10.6. The molecule has 15 heavy (non-hydrogen) atoms. The lowest BCUT2D eigenvalue weighted by molar-refractivity contribution is 0.0925. The fourth-order valence-electron chi connectivity index (χ4n) is 2.04. The second-order valence-electron chi connectivity index (χ2n) is 4.31. The quantitative estimate of drug-likeness (QED) is 0.598. The highest BCUT2D eigenvalue weighted by Crippen LogP contribution is 2.15. The maximum Gasteiger partial charge on any atom is 0.0588 e. The van der Waals surface area contributed by atoms with Gasteiger partial charge < -0.3 is 9.64 Å². The van der Waals surface area contributed by atoms with Crippen molar-refractivity contribution in [3.05, 3.63) is 0 Å². The lowest BCUT2D eigenvalue weighted by atomic mass is 10.1. The third-order valence-corrected chi connectivity index (χ3v) is 3.19. The molecule has 0 radical (unpaired) electrons. The van der Waals surface area contributed by atoms with Crippen molar-refractivity contribution in [2.45, 2.75) is 45.1 Å². The van der Waals surface area contributed by atoms with Crippen LogP contribution in [0.1, 0.15) is 39.0 Å². The first-order chi connectivity index (χ1) is 7.36. The summed E-state index contributed by atoms with van der Waals surface area (Å²) < 4.78 is 5.63. The number of halogens is 1. The molecule has 1 unspecified atom stereocenters. The van der Waals surface area contributed by atoms with Crippen LogP contribution in [-0.2, 0) is 4.74 Å². The van der Waals surface area contributed by atoms with Crippen LogP contribution in [0.15, 0.2) is 0 Å². The molecule has 0 aromatic carbocycles. The average molecular weight is 234 g/mol. The molecule has 3 heteroatoms. The Kier molecular flexibility index (Phi) is 7.41. The summed E-state index contributed by atoms with van der Waals surface area (Å²) >= 11 is 5.80. The molecule has 1 fully saturated rings. The van der Waals surface area contributed by atoms with Gasteiger partial charge >= 0.3 is 0 Å². The van der Waals surface area contributed by atoms with E-state index in [-0.39, 0.29) is 0 Å². The van der Waals surface area contributed by atoms with Crippen LogP contribution in [0.3, 0.4) is 0 Å². The van der Waals surface area contributed by atoms with E-state index >= 15 is 0 Å². The van der Waals surface area contributed by atoms with Crippen LogP contribution in [0.5, 0.6) is 0 Å². The SMILES string of the molecule is CCCCN(CCCl)CCC1CCCO1. The second kappa shape index (κ2) is 8.37. The normalized spacial score (nSPS) is 21.4. The maximum atomic E-state index is 5.80. The number of unbranched alkanes of at least 4 members (excludes halogenated alkanes) is 1. The van der Waals surface area contributed by atoms with E-state index in [9.17, 15) is 0 Å². The molecule has 90 valence electrons. The van der Waals surface area contributed by atoms with Crippen molar-refractivity contribution in [1.29, 1.82) is 0 Å². The second-order valence-corrected chi connectivity index (χ2v) is 4.69. The lowest BCUT2D eigenvalue weighted by Crippen LogP contribution is -2.30. The molecule has 1 atom stereocenters. The first-order valence-electron chi connectivity index (χ1n) is 6.26. The Morgan fingerprint density at radius 1 is 1.33 bits per heavy atom. The molecule has 0 amide bonds. The van der Waals surface area contributed by atoms with Crippen LogP contribution in [-0.4, -0.2) is 43.1 Å². The number of rotatable bonds is 8. The van der Waals surface area contributed by atoms with E-state index in [4.69, 9.17) is 16.3 Å². The molecular weight excluding hydrogens is 210 g/mol. The molecule has 0 aromatic heterocycles. The van der Waals surface area contributed by atoms with Crippen molar-refractivity contribution >= 4 is 11.6 Å². The molecule has 0 N–H and O–H groups in total. The van der Waals surface area contributed by atoms with Gasteiger partial charge in [-0.05, 0) is 32.2 Å². The summed E-state index contributed by atoms with van der Waals surface area (Å²) in [6.45, 7) is 6.57. The monoisotopic (exact) mass is 233 g/mol. The minimum Gasteiger partial charge on any atom is -0.378 e. The number of ether oxygens (including phenoxy) is 1. The number of alkyl halides is 1. The third kappa shape index (κ3) is 5.74. The molecule has 0 aromatic rings. The third-order valence-electron chi connectivity index (χ3n) is 3.02. The van der Waals surface area contributed by atoms with Crippen molar-refractivity contribution < 1.29 is 4.74 Å². The van der Waals surface area contributed by atoms with Crippen molar-refractivity contribution in [3.8, 4) is 0 Å². The van der Waals surface area contributed by atoms with Gasteiger partial charge in [0.1, 0.15) is 0 Å². The van der Waals surface area contributed by atoms with Gasteiger partial charge in [-0.1, -0.05) is 13.3 Å². The van der Waals surface area contributed by atoms with Crippen molar-refractivity contribution in [2.24, 2.45) is 0 Å². The Morgan fingerprint density at radius 2 is 2.20 bits per heavy atom. The fraction of sp³-hybridized carbons (Fsp3) is 1.00. The Bertz CT molecular complexity index is 149. The standard InChI is InChI=1S/C12H24ClNO/c1-2-3-8-14(10-7-13)9-6-12-5-4-11-15-12/h12H,2-11H2,1H3. The number of hydrogen-bond acceptors (Lipinski definition) is 2. The highest BCUT2D eigenvalue weighted by Gasteiger charge is 2.16. The van der Waals surface area contributed by atoms with Gasteiger partial charge in [0.15, 0.2) is 0 Å². The average Bonchev–Trinajstić information content (AvgIpc) is 2.75. The summed E-state index contributed by atoms with van der Waals surface area (Å²) in [5.41, 5.74) is 0. The lowest BCUT2D eigenvalue weighted by Gasteiger charge is -2.22. The summed E-state index contributed by atoms with van der Waals surface area (Å²) in [7, 11) is 0. The van der Waals surface area contributed by atoms with Crippen LogP contribution < -0.4 is 0 Å². The predicted molar refractivity (Wildman–Crippen MR) is 65.7 cm³/mol. The smallest absolute Gasteiger partial charge is 0.0588 e. The molecule has 1 saturated heterocycles. The Hall–Kier alpha value is 0.210. The van der Waals surface area contributed by atoms with E-state index in [1.54, 1.807) is 0 Å². The van der Waals surface area contributed by atoms with Gasteiger partial charge in [-0.2, -0.15) is 0 Å². The van der Waals surface area contributed by atoms with E-state index in [0.29, 0.717) is 6.10 Å². The van der Waals surface area contributed by atoms with Crippen LogP contribution in [0.25, 0.3) is 0 Å². The van der Waals surface area contributed by atoms with Crippen LogP contribution in [0.2, 0.25) is 0 Å². The van der Waals surface area contributed by atoms with E-state index in [1.807, 2.05) is 0 Å². The summed E-state index contributed by atoms with van der Waals surface area (Å²) in [5, 5.41) is 0. The summed E-state index contributed by atoms with van der Waals surface area (Å²) in [4.78, 5) is 2.47. The molecular formula is C12H24ClNO. The summed E-state index contributed by atoms with van der Waals surface area (Å²) in [5.74, 6) is 0.745. The Balaban J connectivity index is 2.11. The predicted octanol–water partition coefficient (Wildman–Crippen LogP) is 2.90. The molecule has 1 rings (SSSR count). The van der Waals surface area contributed by atoms with Crippen LogP contribution >= 0.6 is 11.6 Å². The molecule has 0 aliphatic carbocycles.